The summed E-state index contributed by atoms with van der Waals surface area (Å²) in [6.45, 7) is 2.12. The molecule has 25 heavy (non-hydrogen) atoms. The van der Waals surface area contributed by atoms with Gasteiger partial charge in [-0.25, -0.2) is 0 Å². The molecular weight excluding hydrogens is 370 g/mol. The molecule has 1 fully saturated rings. The molecule has 1 saturated heterocycles. The lowest BCUT2D eigenvalue weighted by Gasteiger charge is -2.27. The molecular formula is C19H16ClN3S2. The van der Waals surface area contributed by atoms with Crippen LogP contribution in [0, 0.1) is 6.92 Å². The Morgan fingerprint density at radius 1 is 1.12 bits per heavy atom. The van der Waals surface area contributed by atoms with Crippen LogP contribution in [0.15, 0.2) is 60.8 Å². The first kappa shape index (κ1) is 16.5. The molecule has 0 aliphatic carbocycles. The molecule has 1 aliphatic rings. The Labute approximate surface area is 161 Å². The molecule has 0 bridgehead atoms. The van der Waals surface area contributed by atoms with Gasteiger partial charge in [-0.2, -0.15) is 0 Å². The molecule has 1 N–H and O–H groups in total. The van der Waals surface area contributed by atoms with Gasteiger partial charge in [0.05, 0.1) is 17.8 Å². The monoisotopic (exact) mass is 385 g/mol. The van der Waals surface area contributed by atoms with Crippen LogP contribution in [0.4, 0.5) is 5.69 Å². The van der Waals surface area contributed by atoms with Gasteiger partial charge in [-0.3, -0.25) is 4.98 Å². The molecule has 2 atom stereocenters. The number of hydrogen-bond donors (Lipinski definition) is 1. The number of aromatic nitrogens is 1. The maximum absolute atomic E-state index is 6.06. The van der Waals surface area contributed by atoms with Gasteiger partial charge in [-0.1, -0.05) is 17.7 Å². The summed E-state index contributed by atoms with van der Waals surface area (Å²) in [6, 6.07) is 18.2. The Morgan fingerprint density at radius 3 is 2.56 bits per heavy atom. The van der Waals surface area contributed by atoms with Crippen LogP contribution >= 0.6 is 35.2 Å². The highest BCUT2D eigenvalue weighted by Crippen LogP contribution is 2.43. The van der Waals surface area contributed by atoms with Gasteiger partial charge in [0, 0.05) is 26.7 Å². The van der Waals surface area contributed by atoms with Crippen LogP contribution in [0.2, 0.25) is 5.02 Å². The van der Waals surface area contributed by atoms with Crippen LogP contribution in [0.5, 0.6) is 0 Å². The normalized spacial score (nSPS) is 19.9. The van der Waals surface area contributed by atoms with E-state index in [1.807, 2.05) is 48.7 Å². The Hall–Kier alpha value is -1.95. The third-order valence-corrected chi connectivity index (χ3v) is 5.89. The van der Waals surface area contributed by atoms with Gasteiger partial charge in [0.1, 0.15) is 0 Å². The van der Waals surface area contributed by atoms with Crippen LogP contribution in [0.3, 0.4) is 0 Å². The first-order valence-electron chi connectivity index (χ1n) is 7.96. The van der Waals surface area contributed by atoms with E-state index in [-0.39, 0.29) is 12.1 Å². The molecule has 1 aromatic carbocycles. The SMILES string of the molecule is Cc1ccc(C2C(c3ccccn3)NC(=S)N2c2ccc(Cl)cc2)s1. The van der Waals surface area contributed by atoms with Crippen molar-refractivity contribution < 1.29 is 0 Å². The minimum absolute atomic E-state index is 0.00225. The number of aryl methyl sites for hydroxylation is 1. The van der Waals surface area contributed by atoms with Gasteiger partial charge in [0.25, 0.3) is 0 Å². The average molecular weight is 386 g/mol. The molecule has 0 spiro atoms. The third-order valence-electron chi connectivity index (χ3n) is 4.26. The lowest BCUT2D eigenvalue weighted by molar-refractivity contribution is 0.575. The molecule has 0 saturated carbocycles. The van der Waals surface area contributed by atoms with Crippen molar-refractivity contribution in [2.24, 2.45) is 0 Å². The second kappa shape index (κ2) is 6.75. The minimum Gasteiger partial charge on any atom is -0.351 e. The largest absolute Gasteiger partial charge is 0.351 e. The van der Waals surface area contributed by atoms with Crippen LogP contribution < -0.4 is 10.2 Å². The summed E-state index contributed by atoms with van der Waals surface area (Å²) >= 11 is 13.5. The second-order valence-corrected chi connectivity index (χ2v) is 8.06. The first-order chi connectivity index (χ1) is 12.1. The van der Waals surface area contributed by atoms with E-state index in [0.29, 0.717) is 10.1 Å². The Morgan fingerprint density at radius 2 is 1.92 bits per heavy atom. The highest BCUT2D eigenvalue weighted by Gasteiger charge is 2.41. The van der Waals surface area contributed by atoms with E-state index in [9.17, 15) is 0 Å². The number of halogens is 1. The van der Waals surface area contributed by atoms with E-state index in [0.717, 1.165) is 11.4 Å². The van der Waals surface area contributed by atoms with E-state index in [2.05, 4.69) is 34.3 Å². The van der Waals surface area contributed by atoms with Crippen molar-refractivity contribution in [2.75, 3.05) is 4.90 Å². The van der Waals surface area contributed by atoms with Crippen LogP contribution in [-0.2, 0) is 0 Å². The lowest BCUT2D eigenvalue weighted by Crippen LogP contribution is -2.28. The molecule has 126 valence electrons. The molecule has 0 radical (unpaired) electrons. The summed E-state index contributed by atoms with van der Waals surface area (Å²) < 4.78 is 0. The number of thiophene rings is 1. The summed E-state index contributed by atoms with van der Waals surface area (Å²) in [5, 5.41) is 4.88. The Bertz CT molecular complexity index is 893. The maximum Gasteiger partial charge on any atom is 0.174 e. The predicted molar refractivity (Wildman–Crippen MR) is 108 cm³/mol. The average Bonchev–Trinajstić information content (AvgIpc) is 3.20. The summed E-state index contributed by atoms with van der Waals surface area (Å²) in [6.07, 6.45) is 1.82. The number of anilines is 1. The summed E-state index contributed by atoms with van der Waals surface area (Å²) in [5.41, 5.74) is 2.01. The first-order valence-corrected chi connectivity index (χ1v) is 9.56. The van der Waals surface area contributed by atoms with Gasteiger partial charge in [0.15, 0.2) is 5.11 Å². The number of hydrogen-bond acceptors (Lipinski definition) is 3. The maximum atomic E-state index is 6.06. The van der Waals surface area contributed by atoms with E-state index in [1.54, 1.807) is 11.3 Å². The van der Waals surface area contributed by atoms with Crippen molar-refractivity contribution in [3.63, 3.8) is 0 Å². The van der Waals surface area contributed by atoms with Gasteiger partial charge in [-0.05, 0) is 67.7 Å². The van der Waals surface area contributed by atoms with Gasteiger partial charge in [0.2, 0.25) is 0 Å². The third kappa shape index (κ3) is 3.15. The Kier molecular flexibility index (Phi) is 4.46. The molecule has 2 aromatic heterocycles. The molecule has 6 heteroatoms. The molecule has 3 aromatic rings. The number of benzene rings is 1. The molecule has 0 amide bonds. The summed E-state index contributed by atoms with van der Waals surface area (Å²) in [7, 11) is 0. The molecule has 2 unspecified atom stereocenters. The van der Waals surface area contributed by atoms with Gasteiger partial charge < -0.3 is 10.2 Å². The number of pyridine rings is 1. The molecule has 3 heterocycles. The smallest absolute Gasteiger partial charge is 0.174 e. The minimum atomic E-state index is 0.00225. The highest BCUT2D eigenvalue weighted by atomic mass is 35.5. The van der Waals surface area contributed by atoms with Crippen LogP contribution in [0.25, 0.3) is 0 Å². The molecule has 1 aliphatic heterocycles. The fraction of sp³-hybridized carbons (Fsp3) is 0.158. The van der Waals surface area contributed by atoms with Gasteiger partial charge in [-0.15, -0.1) is 11.3 Å². The fourth-order valence-corrected chi connectivity index (χ4v) is 4.61. The lowest BCUT2D eigenvalue weighted by atomic mass is 10.0. The van der Waals surface area contributed by atoms with E-state index >= 15 is 0 Å². The van der Waals surface area contributed by atoms with E-state index < -0.39 is 0 Å². The van der Waals surface area contributed by atoms with E-state index in [4.69, 9.17) is 23.8 Å². The number of thiocarbonyl (C=S) groups is 1. The number of nitrogens with one attached hydrogen (secondary N) is 1. The van der Waals surface area contributed by atoms with Crippen molar-refractivity contribution in [1.82, 2.24) is 10.3 Å². The van der Waals surface area contributed by atoms with Crippen molar-refractivity contribution in [2.45, 2.75) is 19.0 Å². The van der Waals surface area contributed by atoms with Crippen molar-refractivity contribution in [3.05, 3.63) is 81.3 Å². The van der Waals surface area contributed by atoms with Gasteiger partial charge >= 0.3 is 0 Å². The molecule has 4 rings (SSSR count). The highest BCUT2D eigenvalue weighted by molar-refractivity contribution is 7.80. The predicted octanol–water partition coefficient (Wildman–Crippen LogP) is 5.28. The number of rotatable bonds is 3. The van der Waals surface area contributed by atoms with Crippen molar-refractivity contribution in [1.29, 1.82) is 0 Å². The number of nitrogens with zero attached hydrogens (tertiary/aromatic N) is 2. The summed E-state index contributed by atoms with van der Waals surface area (Å²) in [5.74, 6) is 0. The van der Waals surface area contributed by atoms with E-state index in [1.165, 1.54) is 9.75 Å². The second-order valence-electron chi connectivity index (χ2n) is 5.92. The van der Waals surface area contributed by atoms with Crippen molar-refractivity contribution in [3.8, 4) is 0 Å². The standard InChI is InChI=1S/C19H16ClN3S2/c1-12-5-10-16(25-12)18-17(15-4-2-3-11-21-15)22-19(24)23(18)14-8-6-13(20)7-9-14/h2-11,17-18H,1H3,(H,22,24). The zero-order valence-electron chi connectivity index (χ0n) is 13.5. The van der Waals surface area contributed by atoms with Crippen LogP contribution in [0.1, 0.15) is 27.5 Å². The zero-order chi connectivity index (χ0) is 17.4. The summed E-state index contributed by atoms with van der Waals surface area (Å²) in [4.78, 5) is 9.26. The topological polar surface area (TPSA) is 28.2 Å². The van der Waals surface area contributed by atoms with Crippen LogP contribution in [-0.4, -0.2) is 10.1 Å². The van der Waals surface area contributed by atoms with Crippen molar-refractivity contribution >= 4 is 46.0 Å². The quantitative estimate of drug-likeness (QED) is 0.620. The zero-order valence-corrected chi connectivity index (χ0v) is 15.9. The Balaban J connectivity index is 1.81. The molecule has 3 nitrogen and oxygen atoms in total. The fourth-order valence-electron chi connectivity index (χ4n) is 3.14.